The molecule has 2 aromatic carbocycles. The molecular formula is C19H22N4O5S. The summed E-state index contributed by atoms with van der Waals surface area (Å²) < 4.78 is 31.9. The number of morpholine rings is 1. The van der Waals surface area contributed by atoms with E-state index < -0.39 is 14.9 Å². The van der Waals surface area contributed by atoms with Gasteiger partial charge in [-0.25, -0.2) is 8.42 Å². The van der Waals surface area contributed by atoms with Crippen LogP contribution in [0.15, 0.2) is 52.5 Å². The van der Waals surface area contributed by atoms with E-state index in [9.17, 15) is 18.5 Å². The maximum absolute atomic E-state index is 12.8. The maximum Gasteiger partial charge on any atom is 0.295 e. The summed E-state index contributed by atoms with van der Waals surface area (Å²) in [5, 5.41) is 15.7. The molecule has 1 N–H and O–H groups in total. The Bertz CT molecular complexity index is 1030. The number of benzene rings is 2. The molecule has 0 aromatic heterocycles. The molecule has 0 spiro atoms. The molecule has 2 aromatic rings. The average molecular weight is 418 g/mol. The van der Waals surface area contributed by atoms with Crippen molar-refractivity contribution in [1.29, 1.82) is 0 Å². The van der Waals surface area contributed by atoms with Crippen molar-refractivity contribution >= 4 is 27.1 Å². The smallest absolute Gasteiger partial charge is 0.295 e. The number of nitro groups is 1. The number of hydrazone groups is 1. The van der Waals surface area contributed by atoms with Crippen molar-refractivity contribution in [1.82, 2.24) is 4.31 Å². The van der Waals surface area contributed by atoms with Gasteiger partial charge in [-0.3, -0.25) is 15.5 Å². The van der Waals surface area contributed by atoms with Crippen LogP contribution in [-0.2, 0) is 14.8 Å². The lowest BCUT2D eigenvalue weighted by Gasteiger charge is -2.26. The monoisotopic (exact) mass is 418 g/mol. The zero-order valence-corrected chi connectivity index (χ0v) is 17.0. The molecule has 10 heteroatoms. The summed E-state index contributed by atoms with van der Waals surface area (Å²) in [5.41, 5.74) is 5.06. The first-order valence-corrected chi connectivity index (χ1v) is 10.5. The summed E-state index contributed by atoms with van der Waals surface area (Å²) in [5.74, 6) is 0. The van der Waals surface area contributed by atoms with Crippen LogP contribution in [0.5, 0.6) is 0 Å². The van der Waals surface area contributed by atoms with Crippen LogP contribution in [0.2, 0.25) is 0 Å². The van der Waals surface area contributed by atoms with Crippen molar-refractivity contribution in [2.45, 2.75) is 18.7 Å². The Hall–Kier alpha value is -2.82. The van der Waals surface area contributed by atoms with Gasteiger partial charge in [-0.05, 0) is 31.5 Å². The number of hydrogen-bond acceptors (Lipinski definition) is 7. The standard InChI is InChI=1S/C19H22N4O5S/c1-14-3-5-16(6-4-14)15(2)20-21-18-8-7-17(13-19(18)23(24)25)29(26,27)22-9-11-28-12-10-22/h3-8,13,21H,9-12H2,1-2H3/b20-15+. The van der Waals surface area contributed by atoms with Crippen LogP contribution in [0, 0.1) is 17.0 Å². The van der Waals surface area contributed by atoms with Gasteiger partial charge in [0.15, 0.2) is 0 Å². The summed E-state index contributed by atoms with van der Waals surface area (Å²) in [6.45, 7) is 4.79. The number of ether oxygens (including phenoxy) is 1. The summed E-state index contributed by atoms with van der Waals surface area (Å²) in [6, 6.07) is 11.5. The van der Waals surface area contributed by atoms with Gasteiger partial charge >= 0.3 is 0 Å². The molecule has 0 aliphatic carbocycles. The topological polar surface area (TPSA) is 114 Å². The normalized spacial score (nSPS) is 15.9. The molecule has 0 atom stereocenters. The van der Waals surface area contributed by atoms with Crippen molar-refractivity contribution in [3.63, 3.8) is 0 Å². The van der Waals surface area contributed by atoms with Crippen molar-refractivity contribution < 1.29 is 18.1 Å². The van der Waals surface area contributed by atoms with Crippen LogP contribution in [0.3, 0.4) is 0 Å². The van der Waals surface area contributed by atoms with Crippen LogP contribution in [0.25, 0.3) is 0 Å². The first kappa shape index (κ1) is 20.9. The highest BCUT2D eigenvalue weighted by Crippen LogP contribution is 2.29. The summed E-state index contributed by atoms with van der Waals surface area (Å²) >= 11 is 0. The number of nitro benzene ring substituents is 1. The van der Waals surface area contributed by atoms with E-state index in [0.717, 1.165) is 17.2 Å². The summed E-state index contributed by atoms with van der Waals surface area (Å²) in [4.78, 5) is 10.8. The SMILES string of the molecule is C/C(=N\Nc1ccc(S(=O)(=O)N2CCOCC2)cc1[N+](=O)[O-])c1ccc(C)cc1. The van der Waals surface area contributed by atoms with E-state index in [1.54, 1.807) is 6.92 Å². The fourth-order valence-corrected chi connectivity index (χ4v) is 4.29. The predicted octanol–water partition coefficient (Wildman–Crippen LogP) is 2.76. The molecule has 3 rings (SSSR count). The van der Waals surface area contributed by atoms with Crippen molar-refractivity contribution in [3.8, 4) is 0 Å². The minimum atomic E-state index is -3.83. The molecule has 1 aliphatic rings. The van der Waals surface area contributed by atoms with Gasteiger partial charge in [0.1, 0.15) is 5.69 Å². The molecule has 1 heterocycles. The molecule has 1 saturated heterocycles. The van der Waals surface area contributed by atoms with E-state index >= 15 is 0 Å². The molecule has 154 valence electrons. The lowest BCUT2D eigenvalue weighted by molar-refractivity contribution is -0.384. The van der Waals surface area contributed by atoms with Gasteiger partial charge in [-0.1, -0.05) is 29.8 Å². The van der Waals surface area contributed by atoms with Crippen LogP contribution >= 0.6 is 0 Å². The first-order chi connectivity index (χ1) is 13.8. The summed E-state index contributed by atoms with van der Waals surface area (Å²) in [7, 11) is -3.83. The van der Waals surface area contributed by atoms with Crippen LogP contribution in [0.1, 0.15) is 18.1 Å². The molecule has 0 radical (unpaired) electrons. The predicted molar refractivity (Wildman–Crippen MR) is 110 cm³/mol. The lowest BCUT2D eigenvalue weighted by atomic mass is 10.1. The maximum atomic E-state index is 12.8. The quantitative estimate of drug-likeness (QED) is 0.438. The van der Waals surface area contributed by atoms with Crippen LogP contribution in [0.4, 0.5) is 11.4 Å². The van der Waals surface area contributed by atoms with Gasteiger partial charge in [-0.2, -0.15) is 9.41 Å². The third-order valence-corrected chi connectivity index (χ3v) is 6.48. The highest BCUT2D eigenvalue weighted by Gasteiger charge is 2.28. The Morgan fingerprint density at radius 3 is 2.45 bits per heavy atom. The van der Waals surface area contributed by atoms with Crippen LogP contribution < -0.4 is 5.43 Å². The number of sulfonamides is 1. The third-order valence-electron chi connectivity index (χ3n) is 4.59. The molecule has 0 amide bonds. The Morgan fingerprint density at radius 1 is 1.17 bits per heavy atom. The third kappa shape index (κ3) is 4.78. The van der Waals surface area contributed by atoms with Gasteiger partial charge in [0.2, 0.25) is 10.0 Å². The van der Waals surface area contributed by atoms with Crippen molar-refractivity contribution in [2.24, 2.45) is 5.10 Å². The Kier molecular flexibility index (Phi) is 6.26. The zero-order chi connectivity index (χ0) is 21.0. The largest absolute Gasteiger partial charge is 0.379 e. The number of anilines is 1. The van der Waals surface area contributed by atoms with Crippen molar-refractivity contribution in [2.75, 3.05) is 31.7 Å². The fraction of sp³-hybridized carbons (Fsp3) is 0.316. The van der Waals surface area contributed by atoms with Gasteiger partial charge in [0.25, 0.3) is 5.69 Å². The lowest BCUT2D eigenvalue weighted by Crippen LogP contribution is -2.40. The Balaban J connectivity index is 1.87. The van der Waals surface area contributed by atoms with E-state index in [1.807, 2.05) is 31.2 Å². The highest BCUT2D eigenvalue weighted by molar-refractivity contribution is 7.89. The molecule has 0 unspecified atom stereocenters. The van der Waals surface area contributed by atoms with Gasteiger partial charge in [-0.15, -0.1) is 0 Å². The number of rotatable bonds is 6. The number of hydrogen-bond donors (Lipinski definition) is 1. The number of aryl methyl sites for hydroxylation is 1. The van der Waals surface area contributed by atoms with E-state index in [4.69, 9.17) is 4.74 Å². The first-order valence-electron chi connectivity index (χ1n) is 9.03. The average Bonchev–Trinajstić information content (AvgIpc) is 2.73. The van der Waals surface area contributed by atoms with E-state index in [0.29, 0.717) is 18.9 Å². The minimum absolute atomic E-state index is 0.113. The highest BCUT2D eigenvalue weighted by atomic mass is 32.2. The second kappa shape index (κ2) is 8.68. The van der Waals surface area contributed by atoms with E-state index in [-0.39, 0.29) is 29.4 Å². The zero-order valence-electron chi connectivity index (χ0n) is 16.2. The summed E-state index contributed by atoms with van der Waals surface area (Å²) in [6.07, 6.45) is 0. The number of nitrogens with zero attached hydrogens (tertiary/aromatic N) is 3. The van der Waals surface area contributed by atoms with Crippen LogP contribution in [-0.4, -0.2) is 49.7 Å². The molecule has 9 nitrogen and oxygen atoms in total. The molecule has 0 saturated carbocycles. The molecule has 1 fully saturated rings. The number of nitrogens with one attached hydrogen (secondary N) is 1. The fourth-order valence-electron chi connectivity index (χ4n) is 2.86. The Labute approximate surface area is 169 Å². The van der Waals surface area contributed by atoms with Gasteiger partial charge in [0, 0.05) is 19.2 Å². The van der Waals surface area contributed by atoms with Gasteiger partial charge in [0.05, 0.1) is 28.7 Å². The molecule has 29 heavy (non-hydrogen) atoms. The van der Waals surface area contributed by atoms with E-state index in [1.165, 1.54) is 16.4 Å². The van der Waals surface area contributed by atoms with Gasteiger partial charge < -0.3 is 4.74 Å². The van der Waals surface area contributed by atoms with E-state index in [2.05, 4.69) is 10.5 Å². The second-order valence-electron chi connectivity index (χ2n) is 6.63. The molecule has 0 bridgehead atoms. The molecule has 1 aliphatic heterocycles. The Morgan fingerprint density at radius 2 is 1.83 bits per heavy atom. The second-order valence-corrected chi connectivity index (χ2v) is 8.57. The van der Waals surface area contributed by atoms with Crippen molar-refractivity contribution in [3.05, 3.63) is 63.7 Å². The minimum Gasteiger partial charge on any atom is -0.379 e. The molecular weight excluding hydrogens is 396 g/mol.